The Bertz CT molecular complexity index is 1270. The van der Waals surface area contributed by atoms with Gasteiger partial charge in [0, 0.05) is 41.0 Å². The van der Waals surface area contributed by atoms with Gasteiger partial charge in [0.2, 0.25) is 5.82 Å². The van der Waals surface area contributed by atoms with Crippen LogP contribution in [0.15, 0.2) is 53.3 Å². The molecule has 36 heavy (non-hydrogen) atoms. The number of nitro benzene ring substituents is 1. The normalized spacial score (nSPS) is 12.5. The minimum Gasteiger partial charge on any atom is -0.434 e. The van der Waals surface area contributed by atoms with Crippen LogP contribution in [-0.2, 0) is 0 Å². The van der Waals surface area contributed by atoms with Crippen LogP contribution in [0, 0.1) is 15.9 Å². The predicted molar refractivity (Wildman–Crippen MR) is 132 cm³/mol. The molecule has 190 valence electrons. The highest BCUT2D eigenvalue weighted by molar-refractivity contribution is 9.10. The number of anilines is 1. The van der Waals surface area contributed by atoms with Gasteiger partial charge in [-0.1, -0.05) is 32.1 Å². The number of alkyl halides is 2. The van der Waals surface area contributed by atoms with Gasteiger partial charge in [-0.15, -0.1) is 0 Å². The van der Waals surface area contributed by atoms with Crippen molar-refractivity contribution in [2.75, 3.05) is 5.32 Å². The Labute approximate surface area is 213 Å². The number of rotatable bonds is 10. The van der Waals surface area contributed by atoms with E-state index >= 15 is 0 Å². The van der Waals surface area contributed by atoms with E-state index in [1.807, 2.05) is 6.92 Å². The fourth-order valence-corrected chi connectivity index (χ4v) is 3.97. The van der Waals surface area contributed by atoms with Crippen molar-refractivity contribution in [3.8, 4) is 16.9 Å². The fourth-order valence-electron chi connectivity index (χ4n) is 3.40. The van der Waals surface area contributed by atoms with Crippen LogP contribution in [0.5, 0.6) is 5.75 Å². The SMILES string of the molecule is CCC=C(Nc1cc(F)c([N+](=O)[O-])c(-c2cnc([C@H](O)CC)nc2)c1)c1cccc(OC(F)F)c1Br. The van der Waals surface area contributed by atoms with Crippen molar-refractivity contribution in [2.24, 2.45) is 0 Å². The lowest BCUT2D eigenvalue weighted by atomic mass is 10.0. The highest BCUT2D eigenvalue weighted by Gasteiger charge is 2.24. The summed E-state index contributed by atoms with van der Waals surface area (Å²) in [6.07, 6.45) is 4.30. The number of ether oxygens (including phenoxy) is 1. The van der Waals surface area contributed by atoms with Gasteiger partial charge in [0.25, 0.3) is 0 Å². The van der Waals surface area contributed by atoms with Gasteiger partial charge in [0.05, 0.1) is 15.0 Å². The van der Waals surface area contributed by atoms with Crippen molar-refractivity contribution < 1.29 is 27.9 Å². The number of aliphatic hydroxyl groups excluding tert-OH is 1. The van der Waals surface area contributed by atoms with Crippen molar-refractivity contribution >= 4 is 33.0 Å². The second kappa shape index (κ2) is 12.0. The Balaban J connectivity index is 2.07. The molecule has 2 aromatic carbocycles. The van der Waals surface area contributed by atoms with Crippen molar-refractivity contribution in [3.05, 3.63) is 80.6 Å². The van der Waals surface area contributed by atoms with Gasteiger partial charge >= 0.3 is 12.3 Å². The number of nitro groups is 1. The second-order valence-corrected chi connectivity index (χ2v) is 8.31. The number of benzene rings is 2. The summed E-state index contributed by atoms with van der Waals surface area (Å²) >= 11 is 3.27. The van der Waals surface area contributed by atoms with Crippen molar-refractivity contribution in [1.82, 2.24) is 9.97 Å². The molecule has 0 bridgehead atoms. The molecular formula is C24H22BrF3N4O4. The van der Waals surface area contributed by atoms with Crippen LogP contribution in [0.3, 0.4) is 0 Å². The summed E-state index contributed by atoms with van der Waals surface area (Å²) in [6, 6.07) is 6.87. The number of nitrogens with one attached hydrogen (secondary N) is 1. The first-order valence-corrected chi connectivity index (χ1v) is 11.6. The van der Waals surface area contributed by atoms with Crippen LogP contribution in [0.1, 0.15) is 44.2 Å². The first kappa shape index (κ1) is 27.1. The highest BCUT2D eigenvalue weighted by atomic mass is 79.9. The Hall–Kier alpha value is -3.51. The van der Waals surface area contributed by atoms with Crippen molar-refractivity contribution in [1.29, 1.82) is 0 Å². The molecule has 1 aromatic heterocycles. The minimum absolute atomic E-state index is 0.0789. The number of hydrogen-bond donors (Lipinski definition) is 2. The Morgan fingerprint density at radius 1 is 1.28 bits per heavy atom. The van der Waals surface area contributed by atoms with E-state index in [0.717, 1.165) is 6.07 Å². The topological polar surface area (TPSA) is 110 Å². The molecule has 0 amide bonds. The Morgan fingerprint density at radius 2 is 1.97 bits per heavy atom. The maximum Gasteiger partial charge on any atom is 0.387 e. The third-order valence-electron chi connectivity index (χ3n) is 5.07. The number of hydrogen-bond acceptors (Lipinski definition) is 7. The minimum atomic E-state index is -3.03. The number of allylic oxidation sites excluding steroid dienone is 1. The molecule has 0 aliphatic rings. The highest BCUT2D eigenvalue weighted by Crippen LogP contribution is 2.38. The van der Waals surface area contributed by atoms with E-state index in [4.69, 9.17) is 0 Å². The van der Waals surface area contributed by atoms with E-state index in [0.29, 0.717) is 24.1 Å². The molecule has 0 fully saturated rings. The molecule has 12 heteroatoms. The summed E-state index contributed by atoms with van der Waals surface area (Å²) in [7, 11) is 0. The van der Waals surface area contributed by atoms with Crippen LogP contribution < -0.4 is 10.1 Å². The third kappa shape index (κ3) is 6.18. The maximum absolute atomic E-state index is 14.9. The van der Waals surface area contributed by atoms with E-state index < -0.39 is 29.1 Å². The third-order valence-corrected chi connectivity index (χ3v) is 5.89. The summed E-state index contributed by atoms with van der Waals surface area (Å²) in [5, 5.41) is 24.6. The zero-order valence-electron chi connectivity index (χ0n) is 19.2. The fraction of sp³-hybridized carbons (Fsp3) is 0.250. The number of aromatic nitrogens is 2. The molecule has 3 aromatic rings. The molecular weight excluding hydrogens is 545 g/mol. The van der Waals surface area contributed by atoms with Crippen LogP contribution in [-0.4, -0.2) is 26.6 Å². The lowest BCUT2D eigenvalue weighted by Crippen LogP contribution is -2.06. The van der Waals surface area contributed by atoms with Gasteiger partial charge in [0.15, 0.2) is 5.82 Å². The molecule has 2 N–H and O–H groups in total. The van der Waals surface area contributed by atoms with Crippen LogP contribution in [0.4, 0.5) is 24.5 Å². The van der Waals surface area contributed by atoms with Crippen molar-refractivity contribution in [2.45, 2.75) is 39.4 Å². The standard InChI is InChI=1S/C24H22BrF3N4O4/c1-3-6-18(15-7-5-8-20(21(15)25)36-24(27)28)31-14-9-16(22(32(34)35)17(26)10-14)13-11-29-23(30-12-13)19(33)4-2/h5-12,19,24,31,33H,3-4H2,1-2H3/t19-/m1/s1. The van der Waals surface area contributed by atoms with Gasteiger partial charge < -0.3 is 15.2 Å². The summed E-state index contributed by atoms with van der Waals surface area (Å²) in [4.78, 5) is 18.9. The van der Waals surface area contributed by atoms with Crippen LogP contribution in [0.25, 0.3) is 16.8 Å². The van der Waals surface area contributed by atoms with E-state index in [1.54, 1.807) is 19.1 Å². The predicted octanol–water partition coefficient (Wildman–Crippen LogP) is 6.86. The molecule has 0 spiro atoms. The lowest BCUT2D eigenvalue weighted by molar-refractivity contribution is -0.386. The van der Waals surface area contributed by atoms with E-state index in [1.165, 1.54) is 30.6 Å². The second-order valence-electron chi connectivity index (χ2n) is 7.51. The quantitative estimate of drug-likeness (QED) is 0.203. The summed E-state index contributed by atoms with van der Waals surface area (Å²) < 4.78 is 45.3. The molecule has 0 aliphatic heterocycles. The Morgan fingerprint density at radius 3 is 2.56 bits per heavy atom. The van der Waals surface area contributed by atoms with Gasteiger partial charge in [-0.2, -0.15) is 13.2 Å². The van der Waals surface area contributed by atoms with Gasteiger partial charge in [-0.05, 0) is 40.9 Å². The first-order valence-electron chi connectivity index (χ1n) is 10.8. The molecule has 0 radical (unpaired) electrons. The van der Waals surface area contributed by atoms with Crippen LogP contribution >= 0.6 is 15.9 Å². The zero-order chi connectivity index (χ0) is 26.4. The number of halogens is 4. The Kier molecular flexibility index (Phi) is 8.99. The molecule has 1 heterocycles. The van der Waals surface area contributed by atoms with E-state index in [-0.39, 0.29) is 32.9 Å². The van der Waals surface area contributed by atoms with Crippen LogP contribution in [0.2, 0.25) is 0 Å². The largest absolute Gasteiger partial charge is 0.434 e. The smallest absolute Gasteiger partial charge is 0.387 e. The summed E-state index contributed by atoms with van der Waals surface area (Å²) in [6.45, 7) is 0.564. The summed E-state index contributed by atoms with van der Waals surface area (Å²) in [5.41, 5.74) is 0.383. The zero-order valence-corrected chi connectivity index (χ0v) is 20.8. The van der Waals surface area contributed by atoms with E-state index in [9.17, 15) is 28.4 Å². The molecule has 0 saturated carbocycles. The molecule has 0 unspecified atom stereocenters. The van der Waals surface area contributed by atoms with Gasteiger partial charge in [-0.25, -0.2) is 9.97 Å². The molecule has 0 saturated heterocycles. The van der Waals surface area contributed by atoms with Gasteiger partial charge in [0.1, 0.15) is 11.9 Å². The monoisotopic (exact) mass is 566 g/mol. The molecule has 8 nitrogen and oxygen atoms in total. The van der Waals surface area contributed by atoms with E-state index in [2.05, 4.69) is 36.0 Å². The molecule has 3 rings (SSSR count). The van der Waals surface area contributed by atoms with Crippen molar-refractivity contribution in [3.63, 3.8) is 0 Å². The number of nitrogens with zero attached hydrogens (tertiary/aromatic N) is 3. The average molecular weight is 567 g/mol. The maximum atomic E-state index is 14.9. The molecule has 0 aliphatic carbocycles. The average Bonchev–Trinajstić information content (AvgIpc) is 2.84. The molecule has 1 atom stereocenters. The lowest BCUT2D eigenvalue weighted by Gasteiger charge is -2.17. The first-order chi connectivity index (χ1) is 17.2. The number of aliphatic hydroxyl groups is 1. The summed E-state index contributed by atoms with van der Waals surface area (Å²) in [5.74, 6) is -1.04. The van der Waals surface area contributed by atoms with Gasteiger partial charge in [-0.3, -0.25) is 10.1 Å².